The summed E-state index contributed by atoms with van der Waals surface area (Å²) in [5.41, 5.74) is 3.93. The first-order valence-electron chi connectivity index (χ1n) is 5.91. The standard InChI is InChI=1S/C14H16N4/c1-11-3-4-13(8-15)14(7-11)16-6-5-12-9-17-18(2)10-12/h3-4,7,9-10,16H,5-6H2,1-2H3. The van der Waals surface area contributed by atoms with Gasteiger partial charge in [-0.1, -0.05) is 6.07 Å². The van der Waals surface area contributed by atoms with Gasteiger partial charge in [0.1, 0.15) is 6.07 Å². The van der Waals surface area contributed by atoms with Crippen LogP contribution in [0.3, 0.4) is 0 Å². The van der Waals surface area contributed by atoms with Crippen molar-refractivity contribution in [1.82, 2.24) is 9.78 Å². The lowest BCUT2D eigenvalue weighted by Gasteiger charge is -2.08. The lowest BCUT2D eigenvalue weighted by atomic mass is 10.1. The quantitative estimate of drug-likeness (QED) is 0.891. The number of anilines is 1. The van der Waals surface area contributed by atoms with Crippen LogP contribution < -0.4 is 5.32 Å². The Morgan fingerprint density at radius 2 is 2.28 bits per heavy atom. The van der Waals surface area contributed by atoms with Crippen molar-refractivity contribution < 1.29 is 0 Å². The van der Waals surface area contributed by atoms with Crippen LogP contribution in [0.4, 0.5) is 5.69 Å². The van der Waals surface area contributed by atoms with Crippen LogP contribution in [0, 0.1) is 18.3 Å². The Morgan fingerprint density at radius 3 is 2.94 bits per heavy atom. The molecule has 0 aliphatic carbocycles. The summed E-state index contributed by atoms with van der Waals surface area (Å²) in [6.07, 6.45) is 4.76. The van der Waals surface area contributed by atoms with E-state index in [1.54, 1.807) is 4.68 Å². The van der Waals surface area contributed by atoms with Crippen LogP contribution in [-0.2, 0) is 13.5 Å². The maximum absolute atomic E-state index is 9.03. The molecule has 2 rings (SSSR count). The molecule has 1 aromatic heterocycles. The average Bonchev–Trinajstić information content (AvgIpc) is 2.75. The highest BCUT2D eigenvalue weighted by molar-refractivity contribution is 5.58. The van der Waals surface area contributed by atoms with Crippen molar-refractivity contribution in [2.45, 2.75) is 13.3 Å². The van der Waals surface area contributed by atoms with Crippen molar-refractivity contribution in [2.24, 2.45) is 7.05 Å². The van der Waals surface area contributed by atoms with Crippen molar-refractivity contribution in [3.8, 4) is 6.07 Å². The van der Waals surface area contributed by atoms with Crippen molar-refractivity contribution in [1.29, 1.82) is 5.26 Å². The molecular weight excluding hydrogens is 224 g/mol. The maximum Gasteiger partial charge on any atom is 0.101 e. The van der Waals surface area contributed by atoms with E-state index in [4.69, 9.17) is 5.26 Å². The third kappa shape index (κ3) is 2.89. The predicted molar refractivity (Wildman–Crippen MR) is 71.3 cm³/mol. The van der Waals surface area contributed by atoms with E-state index in [-0.39, 0.29) is 0 Å². The molecule has 0 saturated carbocycles. The summed E-state index contributed by atoms with van der Waals surface area (Å²) >= 11 is 0. The van der Waals surface area contributed by atoms with E-state index < -0.39 is 0 Å². The minimum atomic E-state index is 0.687. The monoisotopic (exact) mass is 240 g/mol. The molecule has 0 unspecified atom stereocenters. The van der Waals surface area contributed by atoms with Crippen LogP contribution in [0.5, 0.6) is 0 Å². The van der Waals surface area contributed by atoms with Gasteiger partial charge in [-0.3, -0.25) is 4.68 Å². The number of aromatic nitrogens is 2. The molecule has 1 aromatic carbocycles. The minimum absolute atomic E-state index is 0.687. The lowest BCUT2D eigenvalue weighted by Crippen LogP contribution is -2.06. The summed E-state index contributed by atoms with van der Waals surface area (Å²) in [5, 5.41) is 16.5. The zero-order chi connectivity index (χ0) is 13.0. The van der Waals surface area contributed by atoms with E-state index in [2.05, 4.69) is 16.5 Å². The highest BCUT2D eigenvalue weighted by atomic mass is 15.2. The van der Waals surface area contributed by atoms with Crippen LogP contribution in [0.2, 0.25) is 0 Å². The van der Waals surface area contributed by atoms with E-state index in [1.807, 2.05) is 44.6 Å². The number of aryl methyl sites for hydroxylation is 2. The number of nitrogens with zero attached hydrogens (tertiary/aromatic N) is 3. The third-order valence-corrected chi connectivity index (χ3v) is 2.78. The fourth-order valence-electron chi connectivity index (χ4n) is 1.84. The fraction of sp³-hybridized carbons (Fsp3) is 0.286. The summed E-state index contributed by atoms with van der Waals surface area (Å²) in [4.78, 5) is 0. The zero-order valence-corrected chi connectivity index (χ0v) is 10.6. The summed E-state index contributed by atoms with van der Waals surface area (Å²) in [6, 6.07) is 8.00. The number of nitrogens with one attached hydrogen (secondary N) is 1. The molecular formula is C14H16N4. The Balaban J connectivity index is 1.98. The summed E-state index contributed by atoms with van der Waals surface area (Å²) < 4.78 is 1.79. The third-order valence-electron chi connectivity index (χ3n) is 2.78. The van der Waals surface area contributed by atoms with E-state index in [0.29, 0.717) is 5.56 Å². The van der Waals surface area contributed by atoms with Gasteiger partial charge < -0.3 is 5.32 Å². The number of hydrogen-bond acceptors (Lipinski definition) is 3. The van der Waals surface area contributed by atoms with Gasteiger partial charge >= 0.3 is 0 Å². The highest BCUT2D eigenvalue weighted by Crippen LogP contribution is 2.16. The number of nitriles is 1. The second-order valence-corrected chi connectivity index (χ2v) is 4.36. The van der Waals surface area contributed by atoms with Crippen LogP contribution in [0.25, 0.3) is 0 Å². The Hall–Kier alpha value is -2.28. The first-order valence-corrected chi connectivity index (χ1v) is 5.91. The molecule has 4 nitrogen and oxygen atoms in total. The van der Waals surface area contributed by atoms with E-state index in [1.165, 1.54) is 5.56 Å². The van der Waals surface area contributed by atoms with Gasteiger partial charge in [0.15, 0.2) is 0 Å². The van der Waals surface area contributed by atoms with Crippen molar-refractivity contribution in [3.05, 3.63) is 47.3 Å². The topological polar surface area (TPSA) is 53.6 Å². The van der Waals surface area contributed by atoms with Gasteiger partial charge in [0.05, 0.1) is 17.4 Å². The molecule has 0 saturated heterocycles. The number of benzene rings is 1. The second kappa shape index (κ2) is 5.37. The van der Waals surface area contributed by atoms with Gasteiger partial charge in [-0.05, 0) is 36.6 Å². The van der Waals surface area contributed by atoms with Crippen LogP contribution in [-0.4, -0.2) is 16.3 Å². The highest BCUT2D eigenvalue weighted by Gasteiger charge is 2.02. The molecule has 0 aliphatic heterocycles. The molecule has 1 N–H and O–H groups in total. The molecule has 0 spiro atoms. The molecule has 0 aliphatic rings. The molecule has 92 valence electrons. The smallest absolute Gasteiger partial charge is 0.101 e. The van der Waals surface area contributed by atoms with Gasteiger partial charge in [0.25, 0.3) is 0 Å². The van der Waals surface area contributed by atoms with Crippen molar-refractivity contribution in [2.75, 3.05) is 11.9 Å². The summed E-state index contributed by atoms with van der Waals surface area (Å²) in [5.74, 6) is 0. The predicted octanol–water partition coefficient (Wildman–Crippen LogP) is 2.25. The largest absolute Gasteiger partial charge is 0.384 e. The van der Waals surface area contributed by atoms with Crippen LogP contribution >= 0.6 is 0 Å². The Morgan fingerprint density at radius 1 is 1.44 bits per heavy atom. The molecule has 2 aromatic rings. The molecule has 4 heteroatoms. The zero-order valence-electron chi connectivity index (χ0n) is 10.6. The number of hydrogen-bond donors (Lipinski definition) is 1. The van der Waals surface area contributed by atoms with E-state index in [9.17, 15) is 0 Å². The summed E-state index contributed by atoms with van der Waals surface area (Å²) in [7, 11) is 1.91. The fourth-order valence-corrected chi connectivity index (χ4v) is 1.84. The van der Waals surface area contributed by atoms with Crippen LogP contribution in [0.15, 0.2) is 30.6 Å². The van der Waals surface area contributed by atoms with Gasteiger partial charge in [-0.2, -0.15) is 10.4 Å². The maximum atomic E-state index is 9.03. The Labute approximate surface area is 107 Å². The average molecular weight is 240 g/mol. The molecule has 0 fully saturated rings. The van der Waals surface area contributed by atoms with Crippen LogP contribution in [0.1, 0.15) is 16.7 Å². The van der Waals surface area contributed by atoms with E-state index >= 15 is 0 Å². The molecule has 0 radical (unpaired) electrons. The summed E-state index contributed by atoms with van der Waals surface area (Å²) in [6.45, 7) is 2.82. The van der Waals surface area contributed by atoms with Gasteiger partial charge in [-0.15, -0.1) is 0 Å². The molecule has 0 bridgehead atoms. The van der Waals surface area contributed by atoms with Crippen molar-refractivity contribution in [3.63, 3.8) is 0 Å². The van der Waals surface area contributed by atoms with E-state index in [0.717, 1.165) is 24.2 Å². The normalized spacial score (nSPS) is 10.1. The number of rotatable bonds is 4. The first kappa shape index (κ1) is 12.2. The first-order chi connectivity index (χ1) is 8.69. The molecule has 18 heavy (non-hydrogen) atoms. The van der Waals surface area contributed by atoms with Gasteiger partial charge in [0, 0.05) is 19.8 Å². The van der Waals surface area contributed by atoms with Gasteiger partial charge in [0.2, 0.25) is 0 Å². The Bertz CT molecular complexity index is 578. The molecule has 0 amide bonds. The SMILES string of the molecule is Cc1ccc(C#N)c(NCCc2cnn(C)c2)c1. The molecule has 0 atom stereocenters. The Kier molecular flexibility index (Phi) is 3.63. The van der Waals surface area contributed by atoms with Crippen molar-refractivity contribution >= 4 is 5.69 Å². The lowest BCUT2D eigenvalue weighted by molar-refractivity contribution is 0.767. The van der Waals surface area contributed by atoms with Gasteiger partial charge in [-0.25, -0.2) is 0 Å². The molecule has 1 heterocycles. The second-order valence-electron chi connectivity index (χ2n) is 4.36. The minimum Gasteiger partial charge on any atom is -0.384 e.